The summed E-state index contributed by atoms with van der Waals surface area (Å²) in [5.41, 5.74) is 4.89. The Kier molecular flexibility index (Phi) is 5.68. The van der Waals surface area contributed by atoms with E-state index >= 15 is 0 Å². The third-order valence-electron chi connectivity index (χ3n) is 4.45. The fourth-order valence-corrected chi connectivity index (χ4v) is 2.80. The van der Waals surface area contributed by atoms with E-state index in [9.17, 15) is 19.7 Å². The molecular formula is C19H25N5O5. The number of carbonyl (C=O) groups excluding carboxylic acids is 2. The van der Waals surface area contributed by atoms with Gasteiger partial charge in [0, 0.05) is 29.0 Å². The minimum absolute atomic E-state index is 0.0121. The zero-order valence-corrected chi connectivity index (χ0v) is 17.0. The van der Waals surface area contributed by atoms with Crippen LogP contribution in [-0.2, 0) is 4.74 Å². The van der Waals surface area contributed by atoms with Crippen LogP contribution in [0.4, 0.5) is 10.5 Å². The average Bonchev–Trinajstić information content (AvgIpc) is 2.83. The van der Waals surface area contributed by atoms with E-state index in [2.05, 4.69) is 5.32 Å². The summed E-state index contributed by atoms with van der Waals surface area (Å²) in [4.78, 5) is 36.6. The predicted octanol–water partition coefficient (Wildman–Crippen LogP) is 2.54. The molecule has 0 saturated carbocycles. The largest absolute Gasteiger partial charge is 0.444 e. The van der Waals surface area contributed by atoms with Crippen LogP contribution in [0.5, 0.6) is 0 Å². The number of hydrogen-bond donors (Lipinski definition) is 3. The fourth-order valence-electron chi connectivity index (χ4n) is 2.80. The monoisotopic (exact) mass is 403 g/mol. The predicted molar refractivity (Wildman–Crippen MR) is 107 cm³/mol. The number of amidine groups is 1. The molecule has 0 unspecified atom stereocenters. The molecule has 10 nitrogen and oxygen atoms in total. The van der Waals surface area contributed by atoms with Crippen molar-refractivity contribution in [1.29, 1.82) is 5.41 Å². The third kappa shape index (κ3) is 4.71. The van der Waals surface area contributed by atoms with Gasteiger partial charge in [-0.3, -0.25) is 25.2 Å². The van der Waals surface area contributed by atoms with E-state index in [1.165, 1.54) is 23.1 Å². The van der Waals surface area contributed by atoms with Crippen LogP contribution in [0.1, 0.15) is 45.0 Å². The van der Waals surface area contributed by atoms with Crippen molar-refractivity contribution in [3.8, 4) is 0 Å². The first-order chi connectivity index (χ1) is 13.2. The number of carbonyl (C=O) groups is 2. The SMILES string of the molecule is CC(C)(C)OC(=O)N1CC(C(=N)NC(=O)c2cccc([N+](=O)[O-])c2)=C(N)C1(C)C. The molecule has 2 rings (SSSR count). The summed E-state index contributed by atoms with van der Waals surface area (Å²) in [7, 11) is 0. The summed E-state index contributed by atoms with van der Waals surface area (Å²) in [6.45, 7) is 8.65. The van der Waals surface area contributed by atoms with Crippen LogP contribution in [0.25, 0.3) is 0 Å². The molecule has 1 aromatic rings. The van der Waals surface area contributed by atoms with Crippen LogP contribution in [-0.4, -0.2) is 45.3 Å². The van der Waals surface area contributed by atoms with E-state index in [-0.39, 0.29) is 34.9 Å². The van der Waals surface area contributed by atoms with Crippen LogP contribution < -0.4 is 11.1 Å². The molecule has 0 atom stereocenters. The van der Waals surface area contributed by atoms with E-state index in [0.717, 1.165) is 6.07 Å². The first-order valence-corrected chi connectivity index (χ1v) is 8.88. The Morgan fingerprint density at radius 3 is 2.52 bits per heavy atom. The van der Waals surface area contributed by atoms with Crippen LogP contribution in [0.2, 0.25) is 0 Å². The average molecular weight is 403 g/mol. The molecule has 0 radical (unpaired) electrons. The lowest BCUT2D eigenvalue weighted by Gasteiger charge is -2.34. The summed E-state index contributed by atoms with van der Waals surface area (Å²) in [6.07, 6.45) is -0.585. The van der Waals surface area contributed by atoms with Crippen molar-refractivity contribution in [2.75, 3.05) is 6.54 Å². The van der Waals surface area contributed by atoms with E-state index < -0.39 is 28.1 Å². The Morgan fingerprint density at radius 1 is 1.34 bits per heavy atom. The Morgan fingerprint density at radius 2 is 1.97 bits per heavy atom. The third-order valence-corrected chi connectivity index (χ3v) is 4.45. The molecule has 0 aliphatic carbocycles. The summed E-state index contributed by atoms with van der Waals surface area (Å²) in [5.74, 6) is -0.967. The van der Waals surface area contributed by atoms with Gasteiger partial charge < -0.3 is 15.8 Å². The van der Waals surface area contributed by atoms with Gasteiger partial charge in [-0.1, -0.05) is 6.07 Å². The van der Waals surface area contributed by atoms with E-state index in [1.54, 1.807) is 34.6 Å². The molecule has 0 fully saturated rings. The maximum absolute atomic E-state index is 12.5. The molecule has 1 aliphatic rings. The van der Waals surface area contributed by atoms with E-state index in [0.29, 0.717) is 0 Å². The van der Waals surface area contributed by atoms with Gasteiger partial charge >= 0.3 is 6.09 Å². The molecule has 2 amide bonds. The zero-order chi connectivity index (χ0) is 22.1. The Hall–Kier alpha value is -3.43. The number of nitrogens with two attached hydrogens (primary N) is 1. The fraction of sp³-hybridized carbons (Fsp3) is 0.421. The number of ether oxygens (including phenoxy) is 1. The highest BCUT2D eigenvalue weighted by Gasteiger charge is 2.44. The standard InChI is InChI=1S/C19H25N5O5/c1-18(2,3)29-17(26)23-10-13(14(20)19(23,4)5)15(21)22-16(25)11-7-6-8-12(9-11)24(27)28/h6-9H,10,20H2,1-5H3,(H2,21,22,25). The zero-order valence-electron chi connectivity index (χ0n) is 17.0. The normalized spacial score (nSPS) is 15.8. The highest BCUT2D eigenvalue weighted by molar-refractivity contribution is 6.12. The summed E-state index contributed by atoms with van der Waals surface area (Å²) in [5, 5.41) is 21.5. The molecular weight excluding hydrogens is 378 g/mol. The van der Waals surface area contributed by atoms with Gasteiger partial charge in [0.05, 0.1) is 17.0 Å². The van der Waals surface area contributed by atoms with Crippen LogP contribution in [0, 0.1) is 15.5 Å². The smallest absolute Gasteiger partial charge is 0.411 e. The molecule has 0 spiro atoms. The number of hydrogen-bond acceptors (Lipinski definition) is 7. The van der Waals surface area contributed by atoms with E-state index in [4.69, 9.17) is 15.9 Å². The minimum atomic E-state index is -0.916. The van der Waals surface area contributed by atoms with Crippen molar-refractivity contribution in [2.24, 2.45) is 5.73 Å². The lowest BCUT2D eigenvalue weighted by molar-refractivity contribution is -0.384. The van der Waals surface area contributed by atoms with Gasteiger partial charge in [0.1, 0.15) is 11.4 Å². The highest BCUT2D eigenvalue weighted by Crippen LogP contribution is 2.32. The molecule has 0 bridgehead atoms. The number of nitrogens with zero attached hydrogens (tertiary/aromatic N) is 2. The maximum atomic E-state index is 12.5. The second kappa shape index (κ2) is 7.53. The minimum Gasteiger partial charge on any atom is -0.444 e. The van der Waals surface area contributed by atoms with Crippen molar-refractivity contribution in [3.05, 3.63) is 51.2 Å². The molecule has 10 heteroatoms. The second-order valence-electron chi connectivity index (χ2n) is 8.15. The number of amides is 2. The van der Waals surface area contributed by atoms with Crippen molar-refractivity contribution in [2.45, 2.75) is 45.8 Å². The number of nitro benzene ring substituents is 1. The van der Waals surface area contributed by atoms with Crippen molar-refractivity contribution in [3.63, 3.8) is 0 Å². The Bertz CT molecular complexity index is 914. The lowest BCUT2D eigenvalue weighted by Crippen LogP contribution is -2.48. The summed E-state index contributed by atoms with van der Waals surface area (Å²) >= 11 is 0. The summed E-state index contributed by atoms with van der Waals surface area (Å²) in [6, 6.07) is 5.17. The quantitative estimate of drug-likeness (QED) is 0.305. The van der Waals surface area contributed by atoms with Gasteiger partial charge in [-0.2, -0.15) is 0 Å². The molecule has 156 valence electrons. The lowest BCUT2D eigenvalue weighted by atomic mass is 10.0. The van der Waals surface area contributed by atoms with Gasteiger partial charge in [0.15, 0.2) is 0 Å². The number of benzene rings is 1. The van der Waals surface area contributed by atoms with Gasteiger partial charge in [-0.15, -0.1) is 0 Å². The van der Waals surface area contributed by atoms with Crippen molar-refractivity contribution in [1.82, 2.24) is 10.2 Å². The molecule has 0 aromatic heterocycles. The number of nitrogens with one attached hydrogen (secondary N) is 2. The molecule has 4 N–H and O–H groups in total. The molecule has 1 aromatic carbocycles. The highest BCUT2D eigenvalue weighted by atomic mass is 16.6. The van der Waals surface area contributed by atoms with Gasteiger partial charge in [-0.05, 0) is 40.7 Å². The molecule has 29 heavy (non-hydrogen) atoms. The van der Waals surface area contributed by atoms with E-state index in [1.807, 2.05) is 0 Å². The number of nitro groups is 1. The second-order valence-corrected chi connectivity index (χ2v) is 8.15. The number of rotatable bonds is 3. The van der Waals surface area contributed by atoms with Crippen LogP contribution >= 0.6 is 0 Å². The first-order valence-electron chi connectivity index (χ1n) is 8.88. The Balaban J connectivity index is 2.19. The molecule has 1 aliphatic heterocycles. The number of non-ortho nitro benzene ring substituents is 1. The molecule has 1 heterocycles. The van der Waals surface area contributed by atoms with Gasteiger partial charge in [0.25, 0.3) is 11.6 Å². The van der Waals surface area contributed by atoms with Gasteiger partial charge in [0.2, 0.25) is 0 Å². The maximum Gasteiger partial charge on any atom is 0.411 e. The van der Waals surface area contributed by atoms with Crippen molar-refractivity contribution < 1.29 is 19.2 Å². The van der Waals surface area contributed by atoms with Gasteiger partial charge in [-0.25, -0.2) is 4.79 Å². The first kappa shape index (κ1) is 21.9. The van der Waals surface area contributed by atoms with Crippen molar-refractivity contribution >= 4 is 23.5 Å². The summed E-state index contributed by atoms with van der Waals surface area (Å²) < 4.78 is 5.40. The Labute approximate surface area is 168 Å². The van der Waals surface area contributed by atoms with Crippen LogP contribution in [0.3, 0.4) is 0 Å². The molecule has 0 saturated heterocycles. The van der Waals surface area contributed by atoms with Crippen LogP contribution in [0.15, 0.2) is 35.5 Å². The topological polar surface area (TPSA) is 152 Å².